The number of guanidine groups is 1. The molecule has 1 aromatic heterocycles. The van der Waals surface area contributed by atoms with Crippen LogP contribution in [0.1, 0.15) is 55.1 Å². The predicted octanol–water partition coefficient (Wildman–Crippen LogP) is 5.40. The van der Waals surface area contributed by atoms with Gasteiger partial charge in [-0.05, 0) is 73.4 Å². The second kappa shape index (κ2) is 12.4. The van der Waals surface area contributed by atoms with Crippen LogP contribution in [0.5, 0.6) is 11.5 Å². The number of ether oxygens (including phenoxy) is 2. The van der Waals surface area contributed by atoms with E-state index >= 15 is 0 Å². The van der Waals surface area contributed by atoms with E-state index in [2.05, 4.69) is 46.6 Å². The number of nitrogens with zero attached hydrogens (tertiary/aromatic N) is 2. The number of nitrogens with one attached hydrogen (secondary N) is 2. The predicted molar refractivity (Wildman–Crippen MR) is 136 cm³/mol. The van der Waals surface area contributed by atoms with Crippen molar-refractivity contribution in [1.82, 2.24) is 10.3 Å². The largest absolute Gasteiger partial charge is 0.490 e. The van der Waals surface area contributed by atoms with E-state index < -0.39 is 0 Å². The number of hydrogen-bond acceptors (Lipinski definition) is 5. The van der Waals surface area contributed by atoms with E-state index in [0.717, 1.165) is 11.3 Å². The topological polar surface area (TPSA) is 84.8 Å². The van der Waals surface area contributed by atoms with E-state index in [1.807, 2.05) is 38.1 Å². The normalized spacial score (nSPS) is 11.3. The molecule has 7 heteroatoms. The van der Waals surface area contributed by atoms with E-state index in [0.29, 0.717) is 48.7 Å². The summed E-state index contributed by atoms with van der Waals surface area (Å²) in [5.74, 6) is 1.58. The van der Waals surface area contributed by atoms with E-state index in [1.54, 1.807) is 30.6 Å². The first-order valence-corrected chi connectivity index (χ1v) is 11.5. The number of hydrogen-bond donors (Lipinski definition) is 2. The summed E-state index contributed by atoms with van der Waals surface area (Å²) in [7, 11) is 0. The Morgan fingerprint density at radius 3 is 2.41 bits per heavy atom. The molecule has 0 radical (unpaired) electrons. The quantitative estimate of drug-likeness (QED) is 0.330. The van der Waals surface area contributed by atoms with Crippen LogP contribution in [-0.4, -0.2) is 30.1 Å². The minimum Gasteiger partial charge on any atom is -0.490 e. The van der Waals surface area contributed by atoms with Gasteiger partial charge in [-0.3, -0.25) is 15.1 Å². The third-order valence-corrected chi connectivity index (χ3v) is 5.02. The van der Waals surface area contributed by atoms with Gasteiger partial charge < -0.3 is 14.8 Å². The summed E-state index contributed by atoms with van der Waals surface area (Å²) in [5, 5.41) is 6.17. The van der Waals surface area contributed by atoms with Crippen molar-refractivity contribution in [1.29, 1.82) is 0 Å². The molecule has 3 rings (SSSR count). The van der Waals surface area contributed by atoms with Gasteiger partial charge in [0.15, 0.2) is 11.5 Å². The van der Waals surface area contributed by atoms with Crippen LogP contribution in [0.2, 0.25) is 0 Å². The molecular weight excluding hydrogens is 428 g/mol. The number of amides is 1. The minimum absolute atomic E-state index is 0.301. The van der Waals surface area contributed by atoms with Crippen molar-refractivity contribution in [2.24, 2.45) is 4.99 Å². The Balaban J connectivity index is 1.85. The lowest BCUT2D eigenvalue weighted by Gasteiger charge is -2.15. The molecule has 0 unspecified atom stereocenters. The molecule has 34 heavy (non-hydrogen) atoms. The summed E-state index contributed by atoms with van der Waals surface area (Å²) in [4.78, 5) is 21.8. The highest BCUT2D eigenvalue weighted by atomic mass is 16.5. The van der Waals surface area contributed by atoms with Gasteiger partial charge in [0, 0.05) is 23.6 Å². The van der Waals surface area contributed by atoms with Crippen LogP contribution in [0.25, 0.3) is 0 Å². The van der Waals surface area contributed by atoms with E-state index in [1.165, 1.54) is 5.56 Å². The highest BCUT2D eigenvalue weighted by Crippen LogP contribution is 2.28. The summed E-state index contributed by atoms with van der Waals surface area (Å²) in [6.07, 6.45) is 3.44. The molecular formula is C27H32N4O3. The lowest BCUT2D eigenvalue weighted by Crippen LogP contribution is -2.36. The zero-order chi connectivity index (χ0) is 24.3. The Morgan fingerprint density at radius 1 is 0.971 bits per heavy atom. The van der Waals surface area contributed by atoms with Gasteiger partial charge in [0.1, 0.15) is 0 Å². The van der Waals surface area contributed by atoms with Gasteiger partial charge in [0.2, 0.25) is 5.96 Å². The summed E-state index contributed by atoms with van der Waals surface area (Å²) in [6.45, 7) is 9.45. The fourth-order valence-electron chi connectivity index (χ4n) is 3.25. The number of anilines is 1. The summed E-state index contributed by atoms with van der Waals surface area (Å²) < 4.78 is 11.3. The van der Waals surface area contributed by atoms with E-state index in [9.17, 15) is 4.79 Å². The van der Waals surface area contributed by atoms with Gasteiger partial charge in [-0.15, -0.1) is 0 Å². The van der Waals surface area contributed by atoms with Gasteiger partial charge >= 0.3 is 0 Å². The van der Waals surface area contributed by atoms with Crippen molar-refractivity contribution >= 4 is 17.6 Å². The molecule has 0 spiro atoms. The van der Waals surface area contributed by atoms with Crippen LogP contribution >= 0.6 is 0 Å². The average Bonchev–Trinajstić information content (AvgIpc) is 2.84. The number of rotatable bonds is 9. The molecule has 3 aromatic rings. The first kappa shape index (κ1) is 24.8. The smallest absolute Gasteiger partial charge is 0.258 e. The van der Waals surface area contributed by atoms with Crippen molar-refractivity contribution in [3.8, 4) is 11.5 Å². The Kier molecular flexibility index (Phi) is 9.03. The van der Waals surface area contributed by atoms with Crippen LogP contribution in [0, 0.1) is 0 Å². The number of aliphatic imine (C=N–C) groups is 1. The number of benzene rings is 2. The Bertz CT molecular complexity index is 1110. The molecule has 0 atom stereocenters. The summed E-state index contributed by atoms with van der Waals surface area (Å²) in [5.41, 5.74) is 3.47. The molecule has 1 amide bonds. The fraction of sp³-hybridized carbons (Fsp3) is 0.296. The van der Waals surface area contributed by atoms with Gasteiger partial charge in [-0.1, -0.05) is 26.0 Å². The Labute approximate surface area is 201 Å². The maximum Gasteiger partial charge on any atom is 0.258 e. The van der Waals surface area contributed by atoms with Crippen LogP contribution in [0.4, 0.5) is 5.69 Å². The van der Waals surface area contributed by atoms with Crippen molar-refractivity contribution in [3.05, 3.63) is 83.7 Å². The van der Waals surface area contributed by atoms with Crippen molar-refractivity contribution in [3.63, 3.8) is 0 Å². The van der Waals surface area contributed by atoms with Crippen molar-refractivity contribution < 1.29 is 14.3 Å². The first-order valence-electron chi connectivity index (χ1n) is 11.5. The minimum atomic E-state index is -0.301. The highest BCUT2D eigenvalue weighted by Gasteiger charge is 2.14. The molecule has 7 nitrogen and oxygen atoms in total. The summed E-state index contributed by atoms with van der Waals surface area (Å²) >= 11 is 0. The maximum absolute atomic E-state index is 13.1. The third kappa shape index (κ3) is 7.07. The first-order chi connectivity index (χ1) is 16.5. The molecule has 0 fully saturated rings. The number of aromatic nitrogens is 1. The number of carbonyl (C=O) groups is 1. The van der Waals surface area contributed by atoms with Gasteiger partial charge in [0.05, 0.1) is 19.8 Å². The fourth-order valence-corrected chi connectivity index (χ4v) is 3.25. The lowest BCUT2D eigenvalue weighted by molar-refractivity contribution is 0.0976. The Hall–Kier alpha value is -3.87. The SMILES string of the molecule is CCOc1ccc(C(=O)NC(=NCc2ccncc2)Nc2cccc(C(C)C)c2)cc1OCC. The highest BCUT2D eigenvalue weighted by molar-refractivity contribution is 6.10. The second-order valence-electron chi connectivity index (χ2n) is 7.91. The zero-order valence-corrected chi connectivity index (χ0v) is 20.2. The zero-order valence-electron chi connectivity index (χ0n) is 20.2. The second-order valence-corrected chi connectivity index (χ2v) is 7.91. The molecule has 0 bridgehead atoms. The molecule has 0 saturated carbocycles. The molecule has 2 N–H and O–H groups in total. The molecule has 0 aliphatic carbocycles. The monoisotopic (exact) mass is 460 g/mol. The van der Waals surface area contributed by atoms with Crippen molar-refractivity contribution in [2.75, 3.05) is 18.5 Å². The molecule has 0 saturated heterocycles. The van der Waals surface area contributed by atoms with E-state index in [4.69, 9.17) is 9.47 Å². The van der Waals surface area contributed by atoms with Crippen molar-refractivity contribution in [2.45, 2.75) is 40.2 Å². The molecule has 178 valence electrons. The van der Waals surface area contributed by atoms with Crippen LogP contribution in [-0.2, 0) is 6.54 Å². The number of pyridine rings is 1. The molecule has 2 aromatic carbocycles. The summed E-state index contributed by atoms with van der Waals surface area (Å²) in [6, 6.07) is 17.0. The van der Waals surface area contributed by atoms with Gasteiger partial charge in [-0.25, -0.2) is 4.99 Å². The molecule has 1 heterocycles. The molecule has 0 aliphatic rings. The van der Waals surface area contributed by atoms with Crippen LogP contribution in [0.15, 0.2) is 72.0 Å². The van der Waals surface area contributed by atoms with Crippen LogP contribution < -0.4 is 20.1 Å². The Morgan fingerprint density at radius 2 is 1.71 bits per heavy atom. The standard InChI is InChI=1S/C27H32N4O3/c1-5-33-24-11-10-22(17-25(24)34-6-2)26(32)31-27(29-18-20-12-14-28-15-13-20)30-23-9-7-8-21(16-23)19(3)4/h7-17,19H,5-6,18H2,1-4H3,(H2,29,30,31,32). The molecule has 0 aliphatic heterocycles. The van der Waals surface area contributed by atoms with Gasteiger partial charge in [0.25, 0.3) is 5.91 Å². The van der Waals surface area contributed by atoms with E-state index in [-0.39, 0.29) is 5.91 Å². The van der Waals surface area contributed by atoms with Gasteiger partial charge in [-0.2, -0.15) is 0 Å². The maximum atomic E-state index is 13.1. The number of carbonyl (C=O) groups excluding carboxylic acids is 1. The lowest BCUT2D eigenvalue weighted by atomic mass is 10.0. The van der Waals surface area contributed by atoms with Crippen LogP contribution in [0.3, 0.4) is 0 Å². The average molecular weight is 461 g/mol. The third-order valence-electron chi connectivity index (χ3n) is 5.02.